The zero-order valence-corrected chi connectivity index (χ0v) is 13.9. The average Bonchev–Trinajstić information content (AvgIpc) is 2.78. The van der Waals surface area contributed by atoms with Crippen LogP contribution in [-0.4, -0.2) is 15.6 Å². The molecule has 0 saturated carbocycles. The lowest BCUT2D eigenvalue weighted by Crippen LogP contribution is -2.13. The van der Waals surface area contributed by atoms with Gasteiger partial charge in [-0.1, -0.05) is 45.0 Å². The summed E-state index contributed by atoms with van der Waals surface area (Å²) in [5.74, 6) is -0.00307. The van der Waals surface area contributed by atoms with Crippen LogP contribution >= 0.6 is 15.9 Å². The highest BCUT2D eigenvalue weighted by Gasteiger charge is 2.19. The number of ketones is 1. The monoisotopic (exact) mass is 334 g/mol. The Morgan fingerprint density at radius 2 is 1.85 bits per heavy atom. The molecule has 2 aromatic rings. The summed E-state index contributed by atoms with van der Waals surface area (Å²) in [4.78, 5) is 12.6. The fourth-order valence-corrected chi connectivity index (χ4v) is 2.56. The molecule has 0 saturated heterocycles. The summed E-state index contributed by atoms with van der Waals surface area (Å²) in [6.45, 7) is 9.12. The van der Waals surface area contributed by atoms with Gasteiger partial charge in [-0.3, -0.25) is 9.48 Å². The van der Waals surface area contributed by atoms with Crippen molar-refractivity contribution < 1.29 is 4.79 Å². The van der Waals surface area contributed by atoms with Crippen LogP contribution in [0.2, 0.25) is 0 Å². The van der Waals surface area contributed by atoms with Crippen LogP contribution in [0, 0.1) is 0 Å². The largest absolute Gasteiger partial charge is 0.287 e. The lowest BCUT2D eigenvalue weighted by molar-refractivity contribution is 0.102. The molecule has 0 spiro atoms. The van der Waals surface area contributed by atoms with Gasteiger partial charge >= 0.3 is 0 Å². The number of hydrogen-bond donors (Lipinski definition) is 0. The van der Waals surface area contributed by atoms with Gasteiger partial charge in [-0.2, -0.15) is 5.10 Å². The van der Waals surface area contributed by atoms with E-state index in [0.717, 1.165) is 4.47 Å². The molecule has 0 amide bonds. The first-order valence-electron chi connectivity index (χ1n) is 6.71. The van der Waals surface area contributed by atoms with E-state index in [1.165, 1.54) is 5.56 Å². The van der Waals surface area contributed by atoms with Gasteiger partial charge in [0.15, 0.2) is 0 Å². The van der Waals surface area contributed by atoms with Crippen molar-refractivity contribution in [3.8, 4) is 0 Å². The highest BCUT2D eigenvalue weighted by Crippen LogP contribution is 2.24. The first kappa shape index (κ1) is 15.0. The summed E-state index contributed by atoms with van der Waals surface area (Å²) in [6.07, 6.45) is 1.67. The smallest absolute Gasteiger partial charge is 0.212 e. The second kappa shape index (κ2) is 5.52. The molecule has 0 atom stereocenters. The fourth-order valence-electron chi connectivity index (χ4n) is 2.09. The summed E-state index contributed by atoms with van der Waals surface area (Å²) in [7, 11) is 0. The lowest BCUT2D eigenvalue weighted by Gasteiger charge is -2.19. The molecule has 0 unspecified atom stereocenters. The minimum absolute atomic E-state index is 0.00307. The molecule has 0 radical (unpaired) electrons. The summed E-state index contributed by atoms with van der Waals surface area (Å²) in [5, 5.41) is 4.19. The molecule has 20 heavy (non-hydrogen) atoms. The molecule has 0 N–H and O–H groups in total. The summed E-state index contributed by atoms with van der Waals surface area (Å²) < 4.78 is 2.45. The number of carbonyl (C=O) groups is 1. The number of hydrogen-bond acceptors (Lipinski definition) is 2. The third kappa shape index (κ3) is 2.85. The molecule has 0 aliphatic carbocycles. The summed E-state index contributed by atoms with van der Waals surface area (Å²) >= 11 is 3.40. The minimum atomic E-state index is -0.00307. The Kier molecular flexibility index (Phi) is 4.14. The Balaban J connectivity index is 2.37. The molecule has 1 aromatic heterocycles. The normalized spacial score (nSPS) is 11.7. The Hall–Kier alpha value is -1.42. The minimum Gasteiger partial charge on any atom is -0.287 e. The van der Waals surface area contributed by atoms with Gasteiger partial charge in [-0.05, 0) is 33.8 Å². The van der Waals surface area contributed by atoms with E-state index in [1.54, 1.807) is 10.9 Å². The molecular formula is C16H19BrN2O. The van der Waals surface area contributed by atoms with Gasteiger partial charge in [-0.25, -0.2) is 0 Å². The molecule has 0 aliphatic heterocycles. The highest BCUT2D eigenvalue weighted by molar-refractivity contribution is 9.10. The van der Waals surface area contributed by atoms with Gasteiger partial charge in [0.1, 0.15) is 5.69 Å². The van der Waals surface area contributed by atoms with Crippen LogP contribution in [0.15, 0.2) is 34.9 Å². The first-order valence-corrected chi connectivity index (χ1v) is 7.50. The topological polar surface area (TPSA) is 34.9 Å². The SMILES string of the molecule is CCn1ncc(Br)c1C(=O)c1ccc(C(C)(C)C)cc1. The van der Waals surface area contributed by atoms with E-state index in [-0.39, 0.29) is 11.2 Å². The van der Waals surface area contributed by atoms with E-state index in [2.05, 4.69) is 41.8 Å². The van der Waals surface area contributed by atoms with Crippen molar-refractivity contribution in [3.05, 3.63) is 51.8 Å². The third-order valence-electron chi connectivity index (χ3n) is 3.32. The average molecular weight is 335 g/mol. The number of carbonyl (C=O) groups excluding carboxylic acids is 1. The predicted molar refractivity (Wildman–Crippen MR) is 84.2 cm³/mol. The van der Waals surface area contributed by atoms with Crippen LogP contribution in [0.5, 0.6) is 0 Å². The second-order valence-electron chi connectivity index (χ2n) is 5.81. The molecular weight excluding hydrogens is 316 g/mol. The van der Waals surface area contributed by atoms with Gasteiger partial charge in [0.05, 0.1) is 10.7 Å². The summed E-state index contributed by atoms with van der Waals surface area (Å²) in [5.41, 5.74) is 2.61. The third-order valence-corrected chi connectivity index (χ3v) is 3.90. The Labute approximate surface area is 128 Å². The molecule has 106 valence electrons. The Morgan fingerprint density at radius 3 is 2.35 bits per heavy atom. The van der Waals surface area contributed by atoms with Crippen molar-refractivity contribution in [2.75, 3.05) is 0 Å². The van der Waals surface area contributed by atoms with Crippen molar-refractivity contribution >= 4 is 21.7 Å². The molecule has 3 nitrogen and oxygen atoms in total. The van der Waals surface area contributed by atoms with Crippen LogP contribution in [0.4, 0.5) is 0 Å². The number of rotatable bonds is 3. The Bertz CT molecular complexity index is 621. The van der Waals surface area contributed by atoms with E-state index in [9.17, 15) is 4.79 Å². The van der Waals surface area contributed by atoms with E-state index in [1.807, 2.05) is 31.2 Å². The maximum absolute atomic E-state index is 12.6. The van der Waals surface area contributed by atoms with Crippen molar-refractivity contribution in [3.63, 3.8) is 0 Å². The summed E-state index contributed by atoms with van der Waals surface area (Å²) in [6, 6.07) is 7.83. The molecule has 2 rings (SSSR count). The van der Waals surface area contributed by atoms with Crippen molar-refractivity contribution in [2.24, 2.45) is 0 Å². The molecule has 4 heteroatoms. The van der Waals surface area contributed by atoms with Crippen molar-refractivity contribution in [1.29, 1.82) is 0 Å². The van der Waals surface area contributed by atoms with E-state index in [0.29, 0.717) is 17.8 Å². The number of aromatic nitrogens is 2. The zero-order valence-electron chi connectivity index (χ0n) is 12.3. The quantitative estimate of drug-likeness (QED) is 0.788. The van der Waals surface area contributed by atoms with Crippen molar-refractivity contribution in [1.82, 2.24) is 9.78 Å². The second-order valence-corrected chi connectivity index (χ2v) is 6.67. The van der Waals surface area contributed by atoms with Crippen LogP contribution < -0.4 is 0 Å². The molecule has 0 bridgehead atoms. The molecule has 0 fully saturated rings. The maximum atomic E-state index is 12.6. The number of halogens is 1. The lowest BCUT2D eigenvalue weighted by atomic mass is 9.86. The number of benzene rings is 1. The first-order chi connectivity index (χ1) is 9.34. The molecule has 1 aromatic carbocycles. The van der Waals surface area contributed by atoms with E-state index < -0.39 is 0 Å². The van der Waals surface area contributed by atoms with Gasteiger partial charge in [0, 0.05) is 12.1 Å². The van der Waals surface area contributed by atoms with Crippen LogP contribution in [-0.2, 0) is 12.0 Å². The standard InChI is InChI=1S/C16H19BrN2O/c1-5-19-14(13(17)10-18-19)15(20)11-6-8-12(9-7-11)16(2,3)4/h6-10H,5H2,1-4H3. The van der Waals surface area contributed by atoms with Crippen LogP contribution in [0.1, 0.15) is 49.3 Å². The Morgan fingerprint density at radius 1 is 1.25 bits per heavy atom. The van der Waals surface area contributed by atoms with Crippen LogP contribution in [0.25, 0.3) is 0 Å². The molecule has 1 heterocycles. The fraction of sp³-hybridized carbons (Fsp3) is 0.375. The van der Waals surface area contributed by atoms with Gasteiger partial charge in [0.2, 0.25) is 5.78 Å². The highest BCUT2D eigenvalue weighted by atomic mass is 79.9. The van der Waals surface area contributed by atoms with E-state index >= 15 is 0 Å². The van der Waals surface area contributed by atoms with Crippen LogP contribution in [0.3, 0.4) is 0 Å². The van der Waals surface area contributed by atoms with Gasteiger partial charge in [-0.15, -0.1) is 0 Å². The predicted octanol–water partition coefficient (Wildman–Crippen LogP) is 4.19. The van der Waals surface area contributed by atoms with Gasteiger partial charge < -0.3 is 0 Å². The maximum Gasteiger partial charge on any atom is 0.212 e. The number of nitrogens with zero attached hydrogens (tertiary/aromatic N) is 2. The zero-order chi connectivity index (χ0) is 14.9. The van der Waals surface area contributed by atoms with E-state index in [4.69, 9.17) is 0 Å². The molecule has 0 aliphatic rings. The van der Waals surface area contributed by atoms with Gasteiger partial charge in [0.25, 0.3) is 0 Å². The number of aryl methyl sites for hydroxylation is 1. The van der Waals surface area contributed by atoms with Crippen molar-refractivity contribution in [2.45, 2.75) is 39.7 Å².